The minimum atomic E-state index is -1.22. The van der Waals surface area contributed by atoms with Crippen molar-refractivity contribution in [2.45, 2.75) is 121 Å². The monoisotopic (exact) mass is 1110 g/mol. The number of benzene rings is 1. The molecule has 9 heterocycles. The van der Waals surface area contributed by atoms with Crippen molar-refractivity contribution in [1.29, 1.82) is 0 Å². The van der Waals surface area contributed by atoms with E-state index < -0.39 is 47.7 Å². The van der Waals surface area contributed by atoms with Crippen molar-refractivity contribution >= 4 is 45.7 Å². The lowest BCUT2D eigenvalue weighted by Crippen LogP contribution is -2.63. The molecule has 21 heteroatoms. The Labute approximate surface area is 464 Å². The number of aromatic nitrogens is 4. The van der Waals surface area contributed by atoms with Crippen molar-refractivity contribution < 1.29 is 46.9 Å². The molecule has 5 aliphatic heterocycles. The zero-order valence-corrected chi connectivity index (χ0v) is 46.9. The number of halogens is 1. The number of nitrogens with one attached hydrogen (secondary N) is 2. The molecule has 6 bridgehead atoms. The molecule has 0 spiro atoms. The summed E-state index contributed by atoms with van der Waals surface area (Å²) in [6.07, 6.45) is 7.25. The van der Waals surface area contributed by atoms with Gasteiger partial charge < -0.3 is 42.9 Å². The van der Waals surface area contributed by atoms with E-state index in [4.69, 9.17) is 38.1 Å². The number of rotatable bonds is 13. The van der Waals surface area contributed by atoms with E-state index in [1.165, 1.54) is 35.6 Å². The minimum absolute atomic E-state index is 0.0115. The summed E-state index contributed by atoms with van der Waals surface area (Å²) in [5.41, 5.74) is 10.6. The quantitative estimate of drug-likeness (QED) is 0.122. The molecule has 6 fully saturated rings. The number of thiazole rings is 1. The first-order valence-electron chi connectivity index (χ1n) is 28.5. The molecule has 19 nitrogen and oxygen atoms in total. The van der Waals surface area contributed by atoms with Gasteiger partial charge in [-0.15, -0.1) is 11.3 Å². The summed E-state index contributed by atoms with van der Waals surface area (Å²) in [5, 5.41) is 8.44. The minimum Gasteiger partial charge on any atom is -0.464 e. The number of nitrogens with zero attached hydrogens (tertiary/aromatic N) is 8. The van der Waals surface area contributed by atoms with E-state index in [0.717, 1.165) is 76.5 Å². The van der Waals surface area contributed by atoms with Gasteiger partial charge in [-0.1, -0.05) is 26.8 Å². The van der Waals surface area contributed by atoms with Crippen molar-refractivity contribution in [3.05, 3.63) is 70.5 Å². The molecule has 7 aliphatic rings. The number of carbonyl (C=O) groups is 3. The number of hydrazine groups is 1. The van der Waals surface area contributed by atoms with Gasteiger partial charge in [-0.2, -0.15) is 0 Å². The largest absolute Gasteiger partial charge is 0.464 e. The van der Waals surface area contributed by atoms with Crippen LogP contribution in [0.5, 0.6) is 0 Å². The number of esters is 1. The van der Waals surface area contributed by atoms with Crippen LogP contribution < -0.4 is 15.6 Å². The lowest BCUT2D eigenvalue weighted by atomic mass is 9.84. The molecule has 2 aliphatic carbocycles. The molecular weight excluding hydrogens is 1030 g/mol. The van der Waals surface area contributed by atoms with Gasteiger partial charge in [0.25, 0.3) is 5.91 Å². The van der Waals surface area contributed by atoms with E-state index in [9.17, 15) is 9.59 Å². The number of alkyl halides is 1. The highest BCUT2D eigenvalue weighted by Crippen LogP contribution is 2.53. The standard InChI is InChI=1S/C58H75FN10O9S/c1-34-48(44-30-76-33-61-44)49(34)54(70)63-51-53(67-18-22-74-23-19-67)55-62-45(31-79-55)36-8-11-46-39(25-36)41(27-58(3,4)32-78-57(72)43-7-6-13-69(64-43)56(51)71)52(68(46)20-24-77-47-12-21-75-29-42(47)59)40-26-38(28-60-50(40)35(2)73-5)66-16-14-65(15-17-66)37-9-10-37/h8,11,25-26,28,30-31,33-35,37,42-43,47-49,51,53,64H,6-7,9-10,12-24,27,29,32H2,1-5H3,(H,63,70)/t34-,35-,42+,43-,47-,48-,49+,51-,53?/m0/s1. The van der Waals surface area contributed by atoms with Gasteiger partial charge in [-0.25, -0.2) is 19.8 Å². The Morgan fingerprint density at radius 2 is 1.82 bits per heavy atom. The van der Waals surface area contributed by atoms with Crippen LogP contribution in [-0.4, -0.2) is 175 Å². The molecule has 4 saturated heterocycles. The zero-order valence-electron chi connectivity index (χ0n) is 46.1. The highest BCUT2D eigenvalue weighted by Gasteiger charge is 2.55. The molecule has 0 radical (unpaired) electrons. The smallest absolute Gasteiger partial charge is 0.324 e. The van der Waals surface area contributed by atoms with E-state index in [2.05, 4.69) is 73.1 Å². The Balaban J connectivity index is 0.996. The molecule has 2 N–H and O–H groups in total. The first-order chi connectivity index (χ1) is 38.3. The maximum absolute atomic E-state index is 15.3. The van der Waals surface area contributed by atoms with E-state index in [1.54, 1.807) is 13.4 Å². The Morgan fingerprint density at radius 3 is 2.58 bits per heavy atom. The number of fused-ring (bicyclic) bond motifs is 6. The number of pyridine rings is 1. The molecule has 12 rings (SSSR count). The Hall–Kier alpha value is -5.39. The van der Waals surface area contributed by atoms with Gasteiger partial charge >= 0.3 is 5.97 Å². The SMILES string of the molecule is CO[C@@H](C)c1ncc(N2CCN(C3CC3)CC2)cc1-c1c2c3cc(ccc3n1CCO[C@H]1CCOC[C@H]1F)-c1csc(n1)C(N1CCOCC1)[C@H](NC(=O)[C@@H]1[C@@H](C)[C@H]1c1cocn1)C(=O)N1CCC[C@H](N1)C(=O)OCC(C)(C)C2. The number of hydrogen-bond donors (Lipinski definition) is 2. The lowest BCUT2D eigenvalue weighted by molar-refractivity contribution is -0.156. The number of cyclic esters (lactones) is 1. The van der Waals surface area contributed by atoms with Crippen molar-refractivity contribution in [3.63, 3.8) is 0 Å². The molecule has 1 unspecified atom stereocenters. The van der Waals surface area contributed by atoms with Crippen LogP contribution in [0.4, 0.5) is 10.1 Å². The summed E-state index contributed by atoms with van der Waals surface area (Å²) in [5.74, 6) is -1.68. The molecule has 424 valence electrons. The number of piperazine rings is 1. The van der Waals surface area contributed by atoms with E-state index in [-0.39, 0.29) is 49.6 Å². The molecule has 9 atom stereocenters. The molecule has 5 aromatic rings. The predicted octanol–water partition coefficient (Wildman–Crippen LogP) is 6.48. The summed E-state index contributed by atoms with van der Waals surface area (Å²) in [4.78, 5) is 66.7. The van der Waals surface area contributed by atoms with Crippen molar-refractivity contribution in [1.82, 2.24) is 45.1 Å². The molecular formula is C58H75FN10O9S. The fourth-order valence-electron chi connectivity index (χ4n) is 12.8. The third-order valence-electron chi connectivity index (χ3n) is 17.5. The van der Waals surface area contributed by atoms with E-state index in [0.29, 0.717) is 88.4 Å². The Kier molecular flexibility index (Phi) is 15.7. The summed E-state index contributed by atoms with van der Waals surface area (Å²) in [6.45, 7) is 15.4. The van der Waals surface area contributed by atoms with Crippen LogP contribution in [0.1, 0.15) is 99.8 Å². The second-order valence-electron chi connectivity index (χ2n) is 23.5. The molecule has 1 aromatic carbocycles. The average Bonchev–Trinajstić information content (AvgIpc) is 4.40. The molecule has 79 heavy (non-hydrogen) atoms. The van der Waals surface area contributed by atoms with Gasteiger partial charge in [0.1, 0.15) is 29.5 Å². The van der Waals surface area contributed by atoms with Gasteiger partial charge in [0, 0.05) is 117 Å². The maximum atomic E-state index is 15.3. The number of anilines is 1. The fraction of sp³-hybridized carbons (Fsp3) is 0.621. The normalized spacial score (nSPS) is 28.6. The van der Waals surface area contributed by atoms with Gasteiger partial charge in [0.2, 0.25) is 5.91 Å². The molecule has 2 saturated carbocycles. The van der Waals surface area contributed by atoms with Gasteiger partial charge in [0.05, 0.1) is 85.9 Å². The lowest BCUT2D eigenvalue weighted by Gasteiger charge is -2.41. The topological polar surface area (TPSA) is 191 Å². The number of methoxy groups -OCH3 is 1. The fourth-order valence-corrected chi connectivity index (χ4v) is 13.8. The predicted molar refractivity (Wildman–Crippen MR) is 294 cm³/mol. The van der Waals surface area contributed by atoms with Crippen molar-refractivity contribution in [2.75, 3.05) is 97.5 Å². The van der Waals surface area contributed by atoms with Crippen LogP contribution in [0, 0.1) is 17.3 Å². The van der Waals surface area contributed by atoms with Crippen LogP contribution in [0.3, 0.4) is 0 Å². The maximum Gasteiger partial charge on any atom is 0.324 e. The zero-order chi connectivity index (χ0) is 54.5. The second-order valence-corrected chi connectivity index (χ2v) is 24.4. The van der Waals surface area contributed by atoms with Gasteiger partial charge in [-0.05, 0) is 75.1 Å². The third kappa shape index (κ3) is 11.2. The van der Waals surface area contributed by atoms with Crippen molar-refractivity contribution in [3.8, 4) is 22.5 Å². The summed E-state index contributed by atoms with van der Waals surface area (Å²) >= 11 is 1.46. The molecule has 2 amide bonds. The van der Waals surface area contributed by atoms with Crippen LogP contribution in [0.15, 0.2) is 52.9 Å². The van der Waals surface area contributed by atoms with Crippen LogP contribution >= 0.6 is 11.3 Å². The molecule has 4 aromatic heterocycles. The van der Waals surface area contributed by atoms with Crippen LogP contribution in [0.25, 0.3) is 33.4 Å². The number of ether oxygens (including phenoxy) is 5. The number of amides is 2. The Bertz CT molecular complexity index is 2990. The summed E-state index contributed by atoms with van der Waals surface area (Å²) < 4.78 is 53.1. The van der Waals surface area contributed by atoms with Crippen LogP contribution in [0.2, 0.25) is 0 Å². The van der Waals surface area contributed by atoms with Crippen molar-refractivity contribution in [2.24, 2.45) is 17.3 Å². The summed E-state index contributed by atoms with van der Waals surface area (Å²) in [6, 6.07) is 6.81. The van der Waals surface area contributed by atoms with E-state index >= 15 is 9.18 Å². The number of hydrogen-bond acceptors (Lipinski definition) is 17. The number of oxazole rings is 1. The first kappa shape index (κ1) is 54.2. The highest BCUT2D eigenvalue weighted by molar-refractivity contribution is 7.10. The number of morpholine rings is 1. The van der Waals surface area contributed by atoms with Gasteiger partial charge in [-0.3, -0.25) is 34.2 Å². The third-order valence-corrected chi connectivity index (χ3v) is 18.5. The van der Waals surface area contributed by atoms with E-state index in [1.807, 2.05) is 25.4 Å². The Morgan fingerprint density at radius 1 is 1.00 bits per heavy atom. The average molecular weight is 1110 g/mol. The summed E-state index contributed by atoms with van der Waals surface area (Å²) in [7, 11) is 1.71. The highest BCUT2D eigenvalue weighted by atomic mass is 32.1. The van der Waals surface area contributed by atoms with Gasteiger partial charge in [0.15, 0.2) is 6.39 Å². The van der Waals surface area contributed by atoms with Crippen LogP contribution in [-0.2, 0) is 51.0 Å². The second kappa shape index (κ2) is 22.9. The first-order valence-corrected chi connectivity index (χ1v) is 29.4. The number of carbonyl (C=O) groups excluding carboxylic acids is 3.